The molecule has 24 heavy (non-hydrogen) atoms. The summed E-state index contributed by atoms with van der Waals surface area (Å²) in [5.74, 6) is -0.501. The van der Waals surface area contributed by atoms with Gasteiger partial charge in [-0.3, -0.25) is 9.48 Å². The zero-order valence-electron chi connectivity index (χ0n) is 13.5. The van der Waals surface area contributed by atoms with E-state index in [2.05, 4.69) is 29.1 Å². The molecule has 3 aromatic rings. The third-order valence-corrected chi connectivity index (χ3v) is 5.47. The molecule has 0 saturated heterocycles. The van der Waals surface area contributed by atoms with Crippen LogP contribution in [0.3, 0.4) is 0 Å². The molecule has 3 rings (SSSR count). The van der Waals surface area contributed by atoms with Crippen molar-refractivity contribution in [2.75, 3.05) is 0 Å². The van der Waals surface area contributed by atoms with Crippen LogP contribution in [0.15, 0.2) is 29.1 Å². The van der Waals surface area contributed by atoms with Crippen LogP contribution in [0.25, 0.3) is 11.6 Å². The molecule has 0 atom stereocenters. The second-order valence-corrected chi connectivity index (χ2v) is 7.25. The monoisotopic (exact) mass is 358 g/mol. The van der Waals surface area contributed by atoms with Crippen molar-refractivity contribution in [2.24, 2.45) is 5.73 Å². The smallest absolute Gasteiger partial charge is 0.269 e. The summed E-state index contributed by atoms with van der Waals surface area (Å²) in [6.07, 6.45) is 4.72. The number of primary amides is 1. The van der Waals surface area contributed by atoms with Gasteiger partial charge in [0, 0.05) is 22.0 Å². The van der Waals surface area contributed by atoms with Gasteiger partial charge in [0.25, 0.3) is 5.91 Å². The lowest BCUT2D eigenvalue weighted by molar-refractivity contribution is 0.0994. The number of amides is 1. The fourth-order valence-corrected chi connectivity index (χ4v) is 3.93. The number of nitrogens with zero attached hydrogens (tertiary/aromatic N) is 3. The van der Waals surface area contributed by atoms with Crippen LogP contribution in [0.1, 0.15) is 45.0 Å². The second kappa shape index (κ2) is 7.11. The van der Waals surface area contributed by atoms with Crippen LogP contribution in [0, 0.1) is 6.92 Å². The van der Waals surface area contributed by atoms with E-state index in [1.54, 1.807) is 28.9 Å². The summed E-state index contributed by atoms with van der Waals surface area (Å²) in [5.41, 5.74) is 8.65. The van der Waals surface area contributed by atoms with Gasteiger partial charge in [-0.25, -0.2) is 4.98 Å². The van der Waals surface area contributed by atoms with Crippen molar-refractivity contribution in [3.63, 3.8) is 0 Å². The molecule has 3 aromatic heterocycles. The van der Waals surface area contributed by atoms with Gasteiger partial charge in [-0.05, 0) is 36.4 Å². The molecule has 0 bridgehead atoms. The number of carbonyl (C=O) groups excluding carboxylic acids is 1. The van der Waals surface area contributed by atoms with Gasteiger partial charge >= 0.3 is 0 Å². The standard InChI is InChI=1S/C17H18N4OS2/c1-3-12(17-19-6-8-24-17)9-14-11(2)15(16(18)22)20-21(14)10-13-5-4-7-23-13/h4-9H,3,10H2,1-2H3,(H2,18,22)/b12-9+. The molecule has 0 unspecified atom stereocenters. The van der Waals surface area contributed by atoms with Gasteiger partial charge in [-0.2, -0.15) is 5.10 Å². The van der Waals surface area contributed by atoms with Crippen molar-refractivity contribution < 1.29 is 4.79 Å². The zero-order valence-corrected chi connectivity index (χ0v) is 15.2. The first kappa shape index (κ1) is 16.6. The predicted molar refractivity (Wildman–Crippen MR) is 99.2 cm³/mol. The number of hydrogen-bond acceptors (Lipinski definition) is 5. The first-order valence-electron chi connectivity index (χ1n) is 7.60. The zero-order chi connectivity index (χ0) is 17.1. The highest BCUT2D eigenvalue weighted by molar-refractivity contribution is 7.10. The largest absolute Gasteiger partial charge is 0.364 e. The average molecular weight is 358 g/mol. The molecular weight excluding hydrogens is 340 g/mol. The Bertz CT molecular complexity index is 861. The summed E-state index contributed by atoms with van der Waals surface area (Å²) in [7, 11) is 0. The van der Waals surface area contributed by atoms with E-state index in [4.69, 9.17) is 5.73 Å². The summed E-state index contributed by atoms with van der Waals surface area (Å²) in [6, 6.07) is 4.06. The van der Waals surface area contributed by atoms with Crippen molar-refractivity contribution in [2.45, 2.75) is 26.8 Å². The highest BCUT2D eigenvalue weighted by Crippen LogP contribution is 2.26. The van der Waals surface area contributed by atoms with Crippen LogP contribution < -0.4 is 5.73 Å². The Labute approximate surface area is 148 Å². The molecule has 0 aliphatic rings. The quantitative estimate of drug-likeness (QED) is 0.728. The SMILES string of the molecule is CC/C(=C\c1c(C)c(C(N)=O)nn1Cc1cccs1)c1nccs1. The Hall–Kier alpha value is -2.25. The number of nitrogens with two attached hydrogens (primary N) is 1. The van der Waals surface area contributed by atoms with Crippen molar-refractivity contribution in [1.29, 1.82) is 0 Å². The van der Waals surface area contributed by atoms with E-state index >= 15 is 0 Å². The highest BCUT2D eigenvalue weighted by Gasteiger charge is 2.18. The number of hydrogen-bond donors (Lipinski definition) is 1. The van der Waals surface area contributed by atoms with E-state index in [0.29, 0.717) is 12.2 Å². The molecule has 2 N–H and O–H groups in total. The highest BCUT2D eigenvalue weighted by atomic mass is 32.1. The summed E-state index contributed by atoms with van der Waals surface area (Å²) in [5, 5.41) is 9.42. The third-order valence-electron chi connectivity index (χ3n) is 3.76. The maximum atomic E-state index is 11.7. The minimum Gasteiger partial charge on any atom is -0.364 e. The molecule has 0 saturated carbocycles. The molecule has 1 amide bonds. The molecule has 0 aliphatic carbocycles. The molecule has 0 spiro atoms. The second-order valence-electron chi connectivity index (χ2n) is 5.32. The maximum absolute atomic E-state index is 11.7. The van der Waals surface area contributed by atoms with Crippen LogP contribution >= 0.6 is 22.7 Å². The van der Waals surface area contributed by atoms with E-state index in [1.165, 1.54) is 4.88 Å². The fourth-order valence-electron chi connectivity index (χ4n) is 2.51. The van der Waals surface area contributed by atoms with Crippen LogP contribution in [-0.2, 0) is 6.54 Å². The van der Waals surface area contributed by atoms with Crippen LogP contribution in [0.5, 0.6) is 0 Å². The van der Waals surface area contributed by atoms with E-state index in [0.717, 1.165) is 28.3 Å². The lowest BCUT2D eigenvalue weighted by Crippen LogP contribution is -2.13. The Kier molecular flexibility index (Phi) is 4.92. The Balaban J connectivity index is 2.09. The molecule has 0 aliphatic heterocycles. The number of rotatable bonds is 6. The van der Waals surface area contributed by atoms with E-state index in [1.807, 2.05) is 28.4 Å². The molecule has 0 fully saturated rings. The number of allylic oxidation sites excluding steroid dienone is 1. The van der Waals surface area contributed by atoms with Crippen LogP contribution in [-0.4, -0.2) is 20.7 Å². The van der Waals surface area contributed by atoms with E-state index < -0.39 is 5.91 Å². The molecule has 0 aromatic carbocycles. The summed E-state index contributed by atoms with van der Waals surface area (Å²) < 4.78 is 1.85. The van der Waals surface area contributed by atoms with Gasteiger partial charge in [0.1, 0.15) is 5.01 Å². The van der Waals surface area contributed by atoms with Crippen LogP contribution in [0.2, 0.25) is 0 Å². The van der Waals surface area contributed by atoms with Gasteiger partial charge in [0.2, 0.25) is 0 Å². The van der Waals surface area contributed by atoms with Gasteiger partial charge in [0.05, 0.1) is 12.2 Å². The average Bonchev–Trinajstić information content (AvgIpc) is 3.29. The fraction of sp³-hybridized carbons (Fsp3) is 0.235. The Morgan fingerprint density at radius 1 is 1.38 bits per heavy atom. The van der Waals surface area contributed by atoms with Crippen molar-refractivity contribution in [3.05, 3.63) is 55.9 Å². The summed E-state index contributed by atoms with van der Waals surface area (Å²) >= 11 is 3.27. The lowest BCUT2D eigenvalue weighted by Gasteiger charge is -2.06. The minimum atomic E-state index is -0.501. The molecule has 5 nitrogen and oxygen atoms in total. The number of aromatic nitrogens is 3. The lowest BCUT2D eigenvalue weighted by atomic mass is 10.1. The molecule has 7 heteroatoms. The van der Waals surface area contributed by atoms with Gasteiger partial charge in [-0.1, -0.05) is 13.0 Å². The summed E-state index contributed by atoms with van der Waals surface area (Å²) in [4.78, 5) is 17.3. The van der Waals surface area contributed by atoms with Crippen LogP contribution in [0.4, 0.5) is 0 Å². The number of thiophene rings is 1. The minimum absolute atomic E-state index is 0.326. The molecule has 0 radical (unpaired) electrons. The first-order valence-corrected chi connectivity index (χ1v) is 9.36. The summed E-state index contributed by atoms with van der Waals surface area (Å²) in [6.45, 7) is 4.60. The topological polar surface area (TPSA) is 73.8 Å². The van der Waals surface area contributed by atoms with Gasteiger partial charge in [0.15, 0.2) is 5.69 Å². The molecule has 124 valence electrons. The van der Waals surface area contributed by atoms with Gasteiger partial charge < -0.3 is 5.73 Å². The Morgan fingerprint density at radius 3 is 2.79 bits per heavy atom. The number of carbonyl (C=O) groups is 1. The van der Waals surface area contributed by atoms with Crippen molar-refractivity contribution >= 4 is 40.2 Å². The number of thiazole rings is 1. The Morgan fingerprint density at radius 2 is 2.21 bits per heavy atom. The third kappa shape index (κ3) is 3.32. The van der Waals surface area contributed by atoms with E-state index in [-0.39, 0.29) is 0 Å². The van der Waals surface area contributed by atoms with Crippen molar-refractivity contribution in [3.8, 4) is 0 Å². The molecule has 3 heterocycles. The maximum Gasteiger partial charge on any atom is 0.269 e. The molecular formula is C17H18N4OS2. The predicted octanol–water partition coefficient (Wildman–Crippen LogP) is 3.81. The van der Waals surface area contributed by atoms with Crippen molar-refractivity contribution in [1.82, 2.24) is 14.8 Å². The van der Waals surface area contributed by atoms with E-state index in [9.17, 15) is 4.79 Å². The normalized spacial score (nSPS) is 11.8. The van der Waals surface area contributed by atoms with Gasteiger partial charge in [-0.15, -0.1) is 22.7 Å². The first-order chi connectivity index (χ1) is 11.6.